The quantitative estimate of drug-likeness (QED) is 0.308. The molecule has 2 bridgehead atoms. The maximum atomic E-state index is 16.7. The highest BCUT2D eigenvalue weighted by atomic mass is 19.4. The fraction of sp³-hybridized carbons (Fsp3) is 0.536. The van der Waals surface area contributed by atoms with Gasteiger partial charge in [-0.1, -0.05) is 0 Å². The molecule has 3 aromatic rings. The van der Waals surface area contributed by atoms with Crippen LogP contribution < -0.4 is 25.6 Å². The highest BCUT2D eigenvalue weighted by Gasteiger charge is 2.48. The van der Waals surface area contributed by atoms with Gasteiger partial charge in [-0.05, 0) is 51.2 Å². The van der Waals surface area contributed by atoms with Gasteiger partial charge in [0.25, 0.3) is 0 Å². The summed E-state index contributed by atoms with van der Waals surface area (Å²) in [6.45, 7) is 3.73. The first kappa shape index (κ1) is 27.3. The summed E-state index contributed by atoms with van der Waals surface area (Å²) in [7, 11) is 0. The lowest BCUT2D eigenvalue weighted by Crippen LogP contribution is -2.62. The molecule has 4 N–H and O–H groups in total. The van der Waals surface area contributed by atoms with Crippen LogP contribution in [0.4, 0.5) is 39.4 Å². The highest BCUT2D eigenvalue weighted by Crippen LogP contribution is 2.47. The summed E-state index contributed by atoms with van der Waals surface area (Å²) in [5.41, 5.74) is 1.39. The number of halogens is 5. The molecule has 6 heterocycles. The summed E-state index contributed by atoms with van der Waals surface area (Å²) >= 11 is 0. The Bertz CT molecular complexity index is 1600. The average Bonchev–Trinajstić information content (AvgIpc) is 3.55. The summed E-state index contributed by atoms with van der Waals surface area (Å²) in [6.07, 6.45) is -2.23. The third-order valence-corrected chi connectivity index (χ3v) is 9.15. The number of pyridine rings is 1. The fourth-order valence-corrected chi connectivity index (χ4v) is 7.27. The van der Waals surface area contributed by atoms with Gasteiger partial charge < -0.3 is 30.7 Å². The maximum absolute atomic E-state index is 16.7. The molecule has 9 nitrogen and oxygen atoms in total. The van der Waals surface area contributed by atoms with E-state index in [0.29, 0.717) is 25.3 Å². The van der Waals surface area contributed by atoms with Crippen LogP contribution in [0.5, 0.6) is 5.88 Å². The Kier molecular flexibility index (Phi) is 6.18. The number of nitrogens with zero attached hydrogens (tertiary/aromatic N) is 5. The van der Waals surface area contributed by atoms with Crippen LogP contribution in [0, 0.1) is 18.6 Å². The second-order valence-electron chi connectivity index (χ2n) is 11.7. The number of hydrogen-bond donors (Lipinski definition) is 3. The lowest BCUT2D eigenvalue weighted by molar-refractivity contribution is -0.137. The standard InChI is InChI=1S/C28H30F5N7O2/c1-11-19(28(31,32)33)15(8-16(34)20(11)29)22-21(30)23-18-25(38-27(37-23)39-7-3-4-14(39)10-41)40-9-13-5-6-17(35-13)24(40)12(2)42-26(18)36-22/h8,12-14,17,24,35,41H,3-7,9-10,34H2,1-2H3/t12-,13+,14-,17-,24+/m0/s1. The first-order valence-corrected chi connectivity index (χ1v) is 14.1. The lowest BCUT2D eigenvalue weighted by atomic mass is 9.96. The van der Waals surface area contributed by atoms with E-state index in [1.54, 1.807) is 4.90 Å². The molecule has 0 radical (unpaired) electrons. The Morgan fingerprint density at radius 3 is 2.64 bits per heavy atom. The third kappa shape index (κ3) is 3.98. The van der Waals surface area contributed by atoms with Crippen molar-refractivity contribution in [2.24, 2.45) is 0 Å². The Morgan fingerprint density at radius 2 is 1.90 bits per heavy atom. The summed E-state index contributed by atoms with van der Waals surface area (Å²) in [5.74, 6) is -1.89. The SMILES string of the molecule is Cc1c(F)c(N)cc(-c2nc3c4c(nc(N5CCC[C@H]5CO)nc4c2F)N2C[C@H]4CC[C@H](N4)[C@H]2[C@H](C)O3)c1C(F)(F)F. The van der Waals surface area contributed by atoms with E-state index < -0.39 is 52.0 Å². The molecule has 7 rings (SSSR count). The van der Waals surface area contributed by atoms with Crippen LogP contribution in [0.1, 0.15) is 43.7 Å². The maximum Gasteiger partial charge on any atom is 0.417 e. The number of aliphatic hydroxyl groups is 1. The van der Waals surface area contributed by atoms with Crippen LogP contribution in [0.2, 0.25) is 0 Å². The highest BCUT2D eigenvalue weighted by molar-refractivity contribution is 5.98. The molecule has 5 atom stereocenters. The number of aliphatic hydroxyl groups excluding tert-OH is 1. The van der Waals surface area contributed by atoms with Gasteiger partial charge in [-0.25, -0.2) is 18.7 Å². The number of fused-ring (bicyclic) bond motifs is 5. The van der Waals surface area contributed by atoms with Crippen molar-refractivity contribution in [3.05, 3.63) is 28.8 Å². The van der Waals surface area contributed by atoms with Gasteiger partial charge in [0, 0.05) is 30.7 Å². The molecule has 2 aromatic heterocycles. The van der Waals surface area contributed by atoms with E-state index in [1.165, 1.54) is 0 Å². The van der Waals surface area contributed by atoms with Gasteiger partial charge in [0.15, 0.2) is 5.82 Å². The fourth-order valence-electron chi connectivity index (χ4n) is 7.27. The molecule has 4 aliphatic heterocycles. The minimum absolute atomic E-state index is 0.0548. The van der Waals surface area contributed by atoms with Crippen LogP contribution in [-0.4, -0.2) is 70.0 Å². The summed E-state index contributed by atoms with van der Waals surface area (Å²) in [6, 6.07) is 0.497. The van der Waals surface area contributed by atoms with Crippen molar-refractivity contribution in [2.75, 3.05) is 35.2 Å². The van der Waals surface area contributed by atoms with Gasteiger partial charge >= 0.3 is 6.18 Å². The number of hydrogen-bond acceptors (Lipinski definition) is 9. The molecule has 0 saturated carbocycles. The Morgan fingerprint density at radius 1 is 1.12 bits per heavy atom. The molecule has 0 spiro atoms. The molecule has 3 fully saturated rings. The van der Waals surface area contributed by atoms with Gasteiger partial charge in [-0.3, -0.25) is 0 Å². The van der Waals surface area contributed by atoms with Gasteiger partial charge in [0.05, 0.1) is 29.9 Å². The molecular formula is C28H30F5N7O2. The predicted molar refractivity (Wildman–Crippen MR) is 145 cm³/mol. The molecule has 3 saturated heterocycles. The number of piperazine rings is 1. The van der Waals surface area contributed by atoms with Gasteiger partial charge in [-0.2, -0.15) is 18.2 Å². The summed E-state index contributed by atoms with van der Waals surface area (Å²) < 4.78 is 80.5. The molecule has 14 heteroatoms. The molecule has 224 valence electrons. The van der Waals surface area contributed by atoms with Crippen LogP contribution >= 0.6 is 0 Å². The third-order valence-electron chi connectivity index (χ3n) is 9.15. The summed E-state index contributed by atoms with van der Waals surface area (Å²) in [4.78, 5) is 17.6. The Balaban J connectivity index is 1.54. The van der Waals surface area contributed by atoms with Gasteiger partial charge in [0.1, 0.15) is 34.3 Å². The largest absolute Gasteiger partial charge is 0.472 e. The van der Waals surface area contributed by atoms with E-state index in [4.69, 9.17) is 15.5 Å². The van der Waals surface area contributed by atoms with E-state index in [9.17, 15) is 22.7 Å². The molecular weight excluding hydrogens is 561 g/mol. The zero-order valence-electron chi connectivity index (χ0n) is 23.0. The molecule has 0 unspecified atom stereocenters. The van der Waals surface area contributed by atoms with Crippen molar-refractivity contribution in [3.8, 4) is 17.1 Å². The van der Waals surface area contributed by atoms with Crippen LogP contribution in [0.15, 0.2) is 6.07 Å². The van der Waals surface area contributed by atoms with E-state index >= 15 is 4.39 Å². The first-order chi connectivity index (χ1) is 20.0. The zero-order chi connectivity index (χ0) is 29.7. The molecule has 4 aliphatic rings. The number of aromatic nitrogens is 3. The Hall–Kier alpha value is -3.52. The monoisotopic (exact) mass is 591 g/mol. The van der Waals surface area contributed by atoms with E-state index in [2.05, 4.69) is 20.2 Å². The Labute approximate surface area is 237 Å². The zero-order valence-corrected chi connectivity index (χ0v) is 23.0. The minimum atomic E-state index is -5.03. The number of anilines is 3. The number of ether oxygens (including phenoxy) is 1. The van der Waals surface area contributed by atoms with Gasteiger partial charge in [-0.15, -0.1) is 0 Å². The van der Waals surface area contributed by atoms with Crippen molar-refractivity contribution in [2.45, 2.75) is 76.0 Å². The average molecular weight is 592 g/mol. The number of alkyl halides is 3. The first-order valence-electron chi connectivity index (χ1n) is 14.1. The van der Waals surface area contributed by atoms with Crippen LogP contribution in [-0.2, 0) is 6.18 Å². The lowest BCUT2D eigenvalue weighted by Gasteiger charge is -2.43. The van der Waals surface area contributed by atoms with Crippen LogP contribution in [0.25, 0.3) is 22.2 Å². The molecule has 1 aromatic carbocycles. The smallest absolute Gasteiger partial charge is 0.417 e. The van der Waals surface area contributed by atoms with Crippen molar-refractivity contribution in [1.82, 2.24) is 20.3 Å². The number of nitrogen functional groups attached to an aromatic ring is 1. The van der Waals surface area contributed by atoms with E-state index in [0.717, 1.165) is 32.3 Å². The van der Waals surface area contributed by atoms with Crippen LogP contribution in [0.3, 0.4) is 0 Å². The molecule has 0 aliphatic carbocycles. The summed E-state index contributed by atoms with van der Waals surface area (Å²) in [5, 5.41) is 13.8. The molecule has 42 heavy (non-hydrogen) atoms. The number of benzene rings is 1. The normalized spacial score (nSPS) is 26.9. The second-order valence-corrected chi connectivity index (χ2v) is 11.7. The van der Waals surface area contributed by atoms with Crippen molar-refractivity contribution in [1.29, 1.82) is 0 Å². The topological polar surface area (TPSA) is 113 Å². The van der Waals surface area contributed by atoms with Crippen molar-refractivity contribution < 1.29 is 31.8 Å². The van der Waals surface area contributed by atoms with E-state index in [-0.39, 0.29) is 53.5 Å². The predicted octanol–water partition coefficient (Wildman–Crippen LogP) is 3.93. The number of nitrogens with one attached hydrogen (secondary N) is 1. The van der Waals surface area contributed by atoms with Crippen molar-refractivity contribution >= 4 is 28.4 Å². The number of nitrogens with two attached hydrogens (primary N) is 1. The molecule has 0 amide bonds. The second kappa shape index (κ2) is 9.49. The number of rotatable bonds is 3. The van der Waals surface area contributed by atoms with Gasteiger partial charge in [0.2, 0.25) is 11.8 Å². The minimum Gasteiger partial charge on any atom is -0.472 e. The van der Waals surface area contributed by atoms with E-state index in [1.807, 2.05) is 6.92 Å². The van der Waals surface area contributed by atoms with Crippen molar-refractivity contribution in [3.63, 3.8) is 0 Å².